The molecule has 0 saturated heterocycles. The lowest BCUT2D eigenvalue weighted by Gasteiger charge is -2.21. The van der Waals surface area contributed by atoms with Gasteiger partial charge in [0.05, 0.1) is 9.85 Å². The zero-order valence-corrected chi connectivity index (χ0v) is 13.8. The van der Waals surface area contributed by atoms with Gasteiger partial charge in [0.1, 0.15) is 19.0 Å². The molecule has 0 N–H and O–H groups in total. The second kappa shape index (κ2) is 6.03. The molecule has 6 heteroatoms. The number of ether oxygens (including phenoxy) is 2. The summed E-state index contributed by atoms with van der Waals surface area (Å²) in [4.78, 5) is -0.431. The minimum atomic E-state index is -0.466. The molecule has 1 aliphatic heterocycles. The molecule has 1 unspecified atom stereocenters. The fourth-order valence-electron chi connectivity index (χ4n) is 2.16. The van der Waals surface area contributed by atoms with Crippen LogP contribution in [-0.2, 0) is 0 Å². The largest absolute Gasteiger partial charge is 0.486 e. The van der Waals surface area contributed by atoms with E-state index in [1.807, 2.05) is 0 Å². The normalized spacial score (nSPS) is 14.9. The molecule has 0 aliphatic carbocycles. The van der Waals surface area contributed by atoms with Gasteiger partial charge in [0, 0.05) is 16.7 Å². The fraction of sp³-hybridized carbons (Fsp3) is 0.200. The van der Waals surface area contributed by atoms with Gasteiger partial charge < -0.3 is 9.47 Å². The van der Waals surface area contributed by atoms with Crippen LogP contribution in [0.1, 0.15) is 16.0 Å². The molecule has 0 radical (unpaired) electrons. The van der Waals surface area contributed by atoms with Crippen LogP contribution in [-0.4, -0.2) is 13.2 Å². The highest BCUT2D eigenvalue weighted by molar-refractivity contribution is 9.09. The van der Waals surface area contributed by atoms with Gasteiger partial charge in [0.15, 0.2) is 11.5 Å². The van der Waals surface area contributed by atoms with Crippen LogP contribution in [0.15, 0.2) is 30.3 Å². The maximum Gasteiger partial charge on any atom is 0.162 e. The highest BCUT2D eigenvalue weighted by Gasteiger charge is 2.22. The number of fused-ring (bicyclic) bond motifs is 1. The summed E-state index contributed by atoms with van der Waals surface area (Å²) in [6.45, 7) is 0.968. The Kier molecular flexibility index (Phi) is 4.29. The molecule has 0 aromatic heterocycles. The van der Waals surface area contributed by atoms with E-state index in [0.717, 1.165) is 0 Å². The van der Waals surface area contributed by atoms with Crippen molar-refractivity contribution in [2.45, 2.75) is 4.83 Å². The van der Waals surface area contributed by atoms with Crippen molar-refractivity contribution in [1.29, 1.82) is 0 Å². The Bertz CT molecular complexity index is 694. The second-order valence-electron chi connectivity index (χ2n) is 4.52. The van der Waals surface area contributed by atoms with Crippen molar-refractivity contribution in [2.24, 2.45) is 0 Å². The number of hydrogen-bond acceptors (Lipinski definition) is 2. The zero-order chi connectivity index (χ0) is 15.0. The summed E-state index contributed by atoms with van der Waals surface area (Å²) < 4.78 is 25.1. The molecule has 1 atom stereocenters. The van der Waals surface area contributed by atoms with Crippen molar-refractivity contribution in [3.05, 3.63) is 57.3 Å². The minimum Gasteiger partial charge on any atom is -0.486 e. The first-order valence-electron chi connectivity index (χ1n) is 6.25. The second-order valence-corrected chi connectivity index (χ2v) is 6.25. The Morgan fingerprint density at radius 2 is 1.67 bits per heavy atom. The standard InChI is InChI=1S/C15H10BrCl2FO2/c16-14(8-2-1-3-10(17)15(8)19)9-6-12-13(7-11(9)18)21-5-4-20-12/h1-3,6-7,14H,4-5H2. The summed E-state index contributed by atoms with van der Waals surface area (Å²) in [5, 5.41) is 0.547. The molecular formula is C15H10BrCl2FO2. The molecule has 1 aliphatic rings. The number of halogens is 4. The van der Waals surface area contributed by atoms with Gasteiger partial charge in [0.25, 0.3) is 0 Å². The van der Waals surface area contributed by atoms with Crippen LogP contribution in [0.2, 0.25) is 10.0 Å². The smallest absolute Gasteiger partial charge is 0.162 e. The van der Waals surface area contributed by atoms with Gasteiger partial charge in [0.2, 0.25) is 0 Å². The van der Waals surface area contributed by atoms with Crippen LogP contribution in [0.3, 0.4) is 0 Å². The zero-order valence-electron chi connectivity index (χ0n) is 10.7. The Labute approximate surface area is 139 Å². The van der Waals surface area contributed by atoms with E-state index in [1.54, 1.807) is 24.3 Å². The maximum atomic E-state index is 14.1. The van der Waals surface area contributed by atoms with Crippen LogP contribution in [0.5, 0.6) is 11.5 Å². The van der Waals surface area contributed by atoms with E-state index in [-0.39, 0.29) is 5.02 Å². The van der Waals surface area contributed by atoms with Gasteiger partial charge in [-0.25, -0.2) is 4.39 Å². The van der Waals surface area contributed by atoms with Crippen molar-refractivity contribution < 1.29 is 13.9 Å². The Morgan fingerprint density at radius 1 is 1.00 bits per heavy atom. The number of hydrogen-bond donors (Lipinski definition) is 0. The third-order valence-corrected chi connectivity index (χ3v) is 4.79. The Hall–Kier alpha value is -0.970. The molecule has 0 spiro atoms. The third kappa shape index (κ3) is 2.85. The van der Waals surface area contributed by atoms with E-state index < -0.39 is 10.6 Å². The van der Waals surface area contributed by atoms with E-state index in [0.29, 0.717) is 40.9 Å². The number of benzene rings is 2. The highest BCUT2D eigenvalue weighted by Crippen LogP contribution is 2.43. The van der Waals surface area contributed by atoms with E-state index in [2.05, 4.69) is 15.9 Å². The topological polar surface area (TPSA) is 18.5 Å². The molecule has 2 aromatic carbocycles. The Balaban J connectivity index is 2.05. The van der Waals surface area contributed by atoms with E-state index in [4.69, 9.17) is 32.7 Å². The van der Waals surface area contributed by atoms with Gasteiger partial charge in [-0.2, -0.15) is 0 Å². The minimum absolute atomic E-state index is 0.0746. The average molecular weight is 392 g/mol. The lowest BCUT2D eigenvalue weighted by atomic mass is 10.0. The molecule has 0 fully saturated rings. The lowest BCUT2D eigenvalue weighted by molar-refractivity contribution is 0.171. The van der Waals surface area contributed by atoms with Crippen LogP contribution < -0.4 is 9.47 Å². The average Bonchev–Trinajstić information content (AvgIpc) is 2.48. The molecule has 21 heavy (non-hydrogen) atoms. The van der Waals surface area contributed by atoms with Crippen molar-refractivity contribution in [1.82, 2.24) is 0 Å². The molecular weight excluding hydrogens is 382 g/mol. The van der Waals surface area contributed by atoms with Crippen molar-refractivity contribution in [3.63, 3.8) is 0 Å². The first-order valence-corrected chi connectivity index (χ1v) is 7.92. The molecule has 110 valence electrons. The first kappa shape index (κ1) is 14.9. The molecule has 0 amide bonds. The number of rotatable bonds is 2. The molecule has 2 nitrogen and oxygen atoms in total. The van der Waals surface area contributed by atoms with Crippen molar-refractivity contribution >= 4 is 39.1 Å². The van der Waals surface area contributed by atoms with Gasteiger partial charge >= 0.3 is 0 Å². The highest BCUT2D eigenvalue weighted by atomic mass is 79.9. The van der Waals surface area contributed by atoms with Crippen molar-refractivity contribution in [2.75, 3.05) is 13.2 Å². The van der Waals surface area contributed by atoms with Gasteiger partial charge in [-0.3, -0.25) is 0 Å². The summed E-state index contributed by atoms with van der Waals surface area (Å²) in [7, 11) is 0. The SMILES string of the molecule is Fc1c(Cl)cccc1C(Br)c1cc2c(cc1Cl)OCCO2. The third-order valence-electron chi connectivity index (χ3n) is 3.19. The van der Waals surface area contributed by atoms with Crippen LogP contribution in [0.4, 0.5) is 4.39 Å². The van der Waals surface area contributed by atoms with Gasteiger partial charge in [-0.15, -0.1) is 0 Å². The van der Waals surface area contributed by atoms with Crippen LogP contribution in [0.25, 0.3) is 0 Å². The summed E-state index contributed by atoms with van der Waals surface area (Å²) >= 11 is 15.6. The Morgan fingerprint density at radius 3 is 2.38 bits per heavy atom. The van der Waals surface area contributed by atoms with E-state index in [9.17, 15) is 4.39 Å². The summed E-state index contributed by atoms with van der Waals surface area (Å²) in [6.07, 6.45) is 0. The van der Waals surface area contributed by atoms with E-state index in [1.165, 1.54) is 6.07 Å². The summed E-state index contributed by atoms with van der Waals surface area (Å²) in [6, 6.07) is 8.30. The summed E-state index contributed by atoms with van der Waals surface area (Å²) in [5.41, 5.74) is 1.11. The van der Waals surface area contributed by atoms with Crippen LogP contribution in [0, 0.1) is 5.82 Å². The molecule has 2 aromatic rings. The van der Waals surface area contributed by atoms with Gasteiger partial charge in [-0.1, -0.05) is 51.3 Å². The number of alkyl halides is 1. The van der Waals surface area contributed by atoms with Crippen molar-refractivity contribution in [3.8, 4) is 11.5 Å². The molecule has 0 saturated carbocycles. The quantitative estimate of drug-likeness (QED) is 0.639. The predicted molar refractivity (Wildman–Crippen MR) is 84.6 cm³/mol. The first-order chi connectivity index (χ1) is 10.1. The summed E-state index contributed by atoms with van der Waals surface area (Å²) in [5.74, 6) is 0.737. The molecule has 1 heterocycles. The monoisotopic (exact) mass is 390 g/mol. The predicted octanol–water partition coefficient (Wildman–Crippen LogP) is 5.39. The molecule has 0 bridgehead atoms. The fourth-order valence-corrected chi connectivity index (χ4v) is 3.47. The van der Waals surface area contributed by atoms with E-state index >= 15 is 0 Å². The molecule has 3 rings (SSSR count). The van der Waals surface area contributed by atoms with Crippen LogP contribution >= 0.6 is 39.1 Å². The maximum absolute atomic E-state index is 14.1. The van der Waals surface area contributed by atoms with Gasteiger partial charge in [-0.05, 0) is 17.7 Å². The lowest BCUT2D eigenvalue weighted by Crippen LogP contribution is -2.15.